The quantitative estimate of drug-likeness (QED) is 0.710. The highest BCUT2D eigenvalue weighted by atomic mass is 32.9. The number of fused-ring (bicyclic) bond motifs is 1. The van der Waals surface area contributed by atoms with Crippen molar-refractivity contribution in [3.63, 3.8) is 0 Å². The minimum absolute atomic E-state index is 0.0616. The third-order valence-corrected chi connectivity index (χ3v) is 3.95. The van der Waals surface area contributed by atoms with Crippen molar-refractivity contribution >= 4 is 26.4 Å². The van der Waals surface area contributed by atoms with Gasteiger partial charge in [-0.1, -0.05) is 20.7 Å². The van der Waals surface area contributed by atoms with Crippen molar-refractivity contribution in [3.8, 4) is 10.6 Å². The Labute approximate surface area is 77.0 Å². The van der Waals surface area contributed by atoms with E-state index in [-0.39, 0.29) is 5.56 Å². The largest absolute Gasteiger partial charge is 0.382 e. The Morgan fingerprint density at radius 2 is 2.33 bits per heavy atom. The average Bonchev–Trinajstić information content (AvgIpc) is 2.59. The lowest BCUT2D eigenvalue weighted by Gasteiger charge is -1.91. The Morgan fingerprint density at radius 1 is 1.58 bits per heavy atom. The topological polar surface area (TPSA) is 34.0 Å². The van der Waals surface area contributed by atoms with E-state index < -0.39 is 0 Å². The van der Waals surface area contributed by atoms with Crippen LogP contribution in [0, 0.1) is 0 Å². The Balaban J connectivity index is 2.85. The van der Waals surface area contributed by atoms with E-state index in [4.69, 9.17) is 0 Å². The van der Waals surface area contributed by atoms with E-state index in [0.29, 0.717) is 0 Å². The molecular formula is C7H8N2OS2. The summed E-state index contributed by atoms with van der Waals surface area (Å²) in [6.07, 6.45) is 0. The van der Waals surface area contributed by atoms with Gasteiger partial charge in [0.05, 0.1) is 10.6 Å². The summed E-state index contributed by atoms with van der Waals surface area (Å²) < 4.78 is 1.67. The number of nitrogens with zero attached hydrogens (tertiary/aromatic N) is 1. The van der Waals surface area contributed by atoms with Crippen LogP contribution in [-0.4, -0.2) is 11.6 Å². The monoisotopic (exact) mass is 200 g/mol. The van der Waals surface area contributed by atoms with Gasteiger partial charge in [-0.15, -0.1) is 0 Å². The Kier molecular flexibility index (Phi) is 1.69. The summed E-state index contributed by atoms with van der Waals surface area (Å²) in [7, 11) is 6.86. The molecule has 0 saturated carbocycles. The second-order valence-electron chi connectivity index (χ2n) is 2.50. The van der Waals surface area contributed by atoms with Gasteiger partial charge in [0.15, 0.2) is 0 Å². The molecule has 0 fully saturated rings. The van der Waals surface area contributed by atoms with Crippen LogP contribution in [0.5, 0.6) is 0 Å². The number of anilines is 1. The van der Waals surface area contributed by atoms with Crippen LogP contribution >= 0.6 is 20.7 Å². The van der Waals surface area contributed by atoms with Crippen LogP contribution in [0.4, 0.5) is 5.69 Å². The molecule has 0 amide bonds. The van der Waals surface area contributed by atoms with Crippen LogP contribution < -0.4 is 10.9 Å². The molecule has 0 spiro atoms. The fourth-order valence-corrected chi connectivity index (χ4v) is 3.56. The highest BCUT2D eigenvalue weighted by molar-refractivity contribution is 7.70. The standard InChI is InChI=1S/C7H8N2OS2/c1-8-5-6-4(3-11-12-6)9(2)7(5)10/h3,8H,1-2H3. The van der Waals surface area contributed by atoms with Gasteiger partial charge >= 0.3 is 0 Å². The molecule has 0 aromatic carbocycles. The summed E-state index contributed by atoms with van der Waals surface area (Å²) in [5, 5.41) is 4.93. The maximum absolute atomic E-state index is 11.5. The molecule has 2 heterocycles. The van der Waals surface area contributed by atoms with Crippen molar-refractivity contribution in [3.05, 3.63) is 15.7 Å². The zero-order chi connectivity index (χ0) is 8.72. The molecule has 0 saturated heterocycles. The van der Waals surface area contributed by atoms with Gasteiger partial charge in [-0.05, 0) is 0 Å². The lowest BCUT2D eigenvalue weighted by molar-refractivity contribution is 0.901. The molecule has 0 aromatic heterocycles. The molecule has 0 atom stereocenters. The maximum atomic E-state index is 11.5. The van der Waals surface area contributed by atoms with Crippen LogP contribution in [0.15, 0.2) is 10.2 Å². The molecule has 0 aromatic rings. The first-order valence-corrected chi connectivity index (χ1v) is 5.71. The van der Waals surface area contributed by atoms with Gasteiger partial charge in [-0.25, -0.2) is 0 Å². The van der Waals surface area contributed by atoms with Crippen molar-refractivity contribution < 1.29 is 0 Å². The fourth-order valence-electron chi connectivity index (χ4n) is 1.21. The van der Waals surface area contributed by atoms with E-state index in [9.17, 15) is 4.79 Å². The zero-order valence-corrected chi connectivity index (χ0v) is 8.38. The summed E-state index contributed by atoms with van der Waals surface area (Å²) in [5.74, 6) is 0. The van der Waals surface area contributed by atoms with Crippen molar-refractivity contribution in [2.24, 2.45) is 7.05 Å². The Bertz CT molecular complexity index is 425. The minimum atomic E-state index is 0.0616. The van der Waals surface area contributed by atoms with Gasteiger partial charge in [0.1, 0.15) is 5.69 Å². The van der Waals surface area contributed by atoms with Gasteiger partial charge in [-0.2, -0.15) is 0 Å². The summed E-state index contributed by atoms with van der Waals surface area (Å²) >= 11 is 0. The highest BCUT2D eigenvalue weighted by Gasteiger charge is 2.18. The van der Waals surface area contributed by atoms with Crippen molar-refractivity contribution in [1.29, 1.82) is 0 Å². The van der Waals surface area contributed by atoms with Crippen LogP contribution in [0.2, 0.25) is 0 Å². The molecule has 2 aliphatic rings. The minimum Gasteiger partial charge on any atom is -0.382 e. The third-order valence-electron chi connectivity index (χ3n) is 1.88. The lowest BCUT2D eigenvalue weighted by atomic mass is 10.4. The summed E-state index contributed by atoms with van der Waals surface area (Å²) in [4.78, 5) is 12.6. The smallest absolute Gasteiger partial charge is 0.275 e. The predicted molar refractivity (Wildman–Crippen MR) is 53.6 cm³/mol. The highest BCUT2D eigenvalue weighted by Crippen LogP contribution is 2.36. The van der Waals surface area contributed by atoms with E-state index in [1.807, 2.05) is 5.38 Å². The van der Waals surface area contributed by atoms with E-state index in [1.165, 1.54) is 0 Å². The second-order valence-corrected chi connectivity index (χ2v) is 4.58. The molecule has 3 nitrogen and oxygen atoms in total. The maximum Gasteiger partial charge on any atom is 0.275 e. The van der Waals surface area contributed by atoms with Crippen molar-refractivity contribution in [1.82, 2.24) is 4.57 Å². The molecule has 64 valence electrons. The molecule has 0 bridgehead atoms. The van der Waals surface area contributed by atoms with Crippen LogP contribution in [0.3, 0.4) is 0 Å². The number of hydrogen-bond donors (Lipinski definition) is 1. The van der Waals surface area contributed by atoms with E-state index in [0.717, 1.165) is 16.3 Å². The number of rotatable bonds is 1. The van der Waals surface area contributed by atoms with Gasteiger partial charge in [0, 0.05) is 19.5 Å². The predicted octanol–water partition coefficient (Wildman–Crippen LogP) is 1.65. The first-order valence-electron chi connectivity index (χ1n) is 3.49. The second kappa shape index (κ2) is 2.60. The lowest BCUT2D eigenvalue weighted by Crippen LogP contribution is -2.12. The van der Waals surface area contributed by atoms with Gasteiger partial charge in [0.2, 0.25) is 0 Å². The van der Waals surface area contributed by atoms with E-state index in [2.05, 4.69) is 5.32 Å². The number of nitrogens with one attached hydrogen (secondary N) is 1. The Morgan fingerprint density at radius 3 is 3.00 bits per heavy atom. The molecule has 5 heteroatoms. The fraction of sp³-hybridized carbons (Fsp3) is 0.286. The van der Waals surface area contributed by atoms with Crippen molar-refractivity contribution in [2.45, 2.75) is 0 Å². The average molecular weight is 200 g/mol. The third kappa shape index (κ3) is 0.834. The van der Waals surface area contributed by atoms with Gasteiger partial charge in [-0.3, -0.25) is 4.79 Å². The molecule has 0 radical (unpaired) electrons. The SMILES string of the molecule is CNc1c2sscc-2n(C)c1=O. The number of aromatic nitrogens is 1. The summed E-state index contributed by atoms with van der Waals surface area (Å²) in [5.41, 5.74) is 1.81. The van der Waals surface area contributed by atoms with E-state index >= 15 is 0 Å². The zero-order valence-electron chi connectivity index (χ0n) is 6.75. The molecule has 2 rings (SSSR count). The Hall–Kier alpha value is -0.810. The van der Waals surface area contributed by atoms with Crippen molar-refractivity contribution in [2.75, 3.05) is 12.4 Å². The van der Waals surface area contributed by atoms with Crippen LogP contribution in [0.25, 0.3) is 10.6 Å². The van der Waals surface area contributed by atoms with Crippen LogP contribution in [-0.2, 0) is 7.05 Å². The number of hydrogen-bond acceptors (Lipinski definition) is 4. The van der Waals surface area contributed by atoms with Gasteiger partial charge in [0.25, 0.3) is 5.56 Å². The molecule has 1 N–H and O–H groups in total. The molecule has 2 aliphatic heterocycles. The molecule has 12 heavy (non-hydrogen) atoms. The molecular weight excluding hydrogens is 192 g/mol. The summed E-state index contributed by atoms with van der Waals surface area (Å²) in [6, 6.07) is 0. The van der Waals surface area contributed by atoms with E-state index in [1.54, 1.807) is 39.3 Å². The molecule has 0 unspecified atom stereocenters. The normalized spacial score (nSPS) is 10.8. The van der Waals surface area contributed by atoms with Crippen LogP contribution in [0.1, 0.15) is 0 Å². The first kappa shape index (κ1) is 7.82. The summed E-state index contributed by atoms with van der Waals surface area (Å²) in [6.45, 7) is 0. The van der Waals surface area contributed by atoms with Gasteiger partial charge < -0.3 is 9.88 Å². The molecule has 0 aliphatic carbocycles. The first-order chi connectivity index (χ1) is 5.75.